The maximum absolute atomic E-state index is 7.13. The number of nitrogens with zero attached hydrogens (tertiary/aromatic N) is 6. The van der Waals surface area contributed by atoms with Gasteiger partial charge in [0, 0.05) is 0 Å². The first-order valence-corrected chi connectivity index (χ1v) is 5.02. The van der Waals surface area contributed by atoms with E-state index in [9.17, 15) is 0 Å². The predicted molar refractivity (Wildman–Crippen MR) is 77.9 cm³/mol. The summed E-state index contributed by atoms with van der Waals surface area (Å²) in [5.74, 6) is 0. The fraction of sp³-hybridized carbons (Fsp3) is 0. The van der Waals surface area contributed by atoms with Gasteiger partial charge >= 0.3 is 177 Å². The third-order valence-corrected chi connectivity index (χ3v) is 0. The molecule has 0 heterocycles. The van der Waals surface area contributed by atoms with E-state index in [1.165, 1.54) is 32.4 Å². The second-order valence-electron chi connectivity index (χ2n) is 0.548. The monoisotopic (exact) mass is 486 g/mol. The summed E-state index contributed by atoms with van der Waals surface area (Å²) in [5.41, 5.74) is 0. The van der Waals surface area contributed by atoms with E-state index in [1.54, 1.807) is 0 Å². The molecule has 0 fully saturated rings. The van der Waals surface area contributed by atoms with Gasteiger partial charge in [0.05, 0.1) is 0 Å². The summed E-state index contributed by atoms with van der Waals surface area (Å²) >= 11 is 22.2. The third-order valence-electron chi connectivity index (χ3n) is 0. The quantitative estimate of drug-likeness (QED) is 0.182. The normalized spacial score (nSPS) is 1.75. The van der Waals surface area contributed by atoms with Crippen molar-refractivity contribution in [2.24, 2.45) is 0 Å². The van der Waals surface area contributed by atoms with Crippen LogP contribution in [0, 0.1) is 64.0 Å². The van der Waals surface area contributed by atoms with E-state index in [0.717, 1.165) is 0 Å². The summed E-state index contributed by atoms with van der Waals surface area (Å²) in [6, 6.07) is 0. The molecule has 0 bridgehead atoms. The topological polar surface area (TPSA) is 143 Å². The van der Waals surface area contributed by atoms with Gasteiger partial charge in [-0.1, -0.05) is 32.4 Å². The van der Waals surface area contributed by atoms with Crippen LogP contribution in [-0.2, 0) is 75.8 Å². The van der Waals surface area contributed by atoms with Crippen LogP contribution in [0.15, 0.2) is 0 Å². The molecule has 0 aromatic carbocycles. The number of nitriles is 6. The maximum Gasteiger partial charge on any atom is 1.00 e. The van der Waals surface area contributed by atoms with Gasteiger partial charge in [-0.05, 0) is 0 Å². The van der Waals surface area contributed by atoms with Crippen LogP contribution in [0.25, 0.3) is 0 Å². The van der Waals surface area contributed by atoms with E-state index in [2.05, 4.69) is 75.8 Å². The Morgan fingerprint density at radius 1 is 0.292 bits per heavy atom. The van der Waals surface area contributed by atoms with E-state index in [1.807, 2.05) is 0 Å². The van der Waals surface area contributed by atoms with E-state index in [-0.39, 0.29) is 177 Å². The molecule has 6 nitrogen and oxygen atoms in total. The molecule has 0 radical (unpaired) electrons. The largest absolute Gasteiger partial charge is 1.00 e. The second-order valence-corrected chi connectivity index (χ2v) is 1.64. The van der Waals surface area contributed by atoms with E-state index in [0.29, 0.717) is 0 Å². The van der Waals surface area contributed by atoms with Crippen molar-refractivity contribution in [2.75, 3.05) is 0 Å². The average molecular weight is 486 g/mol. The standard InChI is InChI=1S/6CHNS.6Na/c6*2-1-3;;;;;;/h6*3H;;;;;;/q;;;;;;6*+1/p-6. The smallest absolute Gasteiger partial charge is 0.696 e. The van der Waals surface area contributed by atoms with Crippen molar-refractivity contribution in [2.45, 2.75) is 0 Å². The van der Waals surface area contributed by atoms with Crippen molar-refractivity contribution >= 4 is 75.8 Å². The van der Waals surface area contributed by atoms with Crippen molar-refractivity contribution in [1.82, 2.24) is 0 Å². The van der Waals surface area contributed by atoms with Gasteiger partial charge in [0.15, 0.2) is 0 Å². The fourth-order valence-electron chi connectivity index (χ4n) is 0. The van der Waals surface area contributed by atoms with Gasteiger partial charge < -0.3 is 75.8 Å². The average Bonchev–Trinajstić information content (AvgIpc) is 2.23. The zero-order valence-electron chi connectivity index (χ0n) is 14.1. The van der Waals surface area contributed by atoms with Crippen molar-refractivity contribution in [3.8, 4) is 32.4 Å². The summed E-state index contributed by atoms with van der Waals surface area (Å²) < 4.78 is 0. The van der Waals surface area contributed by atoms with Crippen LogP contribution >= 0.6 is 0 Å². The minimum atomic E-state index is 0. The Balaban J connectivity index is -0.00000000686. The Kier molecular flexibility index (Phi) is 591. The molecule has 0 aliphatic rings. The molecule has 96 valence electrons. The van der Waals surface area contributed by atoms with Gasteiger partial charge in [0.25, 0.3) is 0 Å². The van der Waals surface area contributed by atoms with Crippen molar-refractivity contribution in [1.29, 1.82) is 31.6 Å². The number of hydrogen-bond donors (Lipinski definition) is 0. The Morgan fingerprint density at radius 3 is 0.292 bits per heavy atom. The van der Waals surface area contributed by atoms with Crippen LogP contribution in [0.5, 0.6) is 0 Å². The Labute approximate surface area is 309 Å². The molecular weight excluding hydrogens is 486 g/mol. The van der Waals surface area contributed by atoms with Gasteiger partial charge in [0.1, 0.15) is 0 Å². The Hall–Kier alpha value is 4.26. The second kappa shape index (κ2) is 179. The first-order chi connectivity index (χ1) is 8.49. The fourth-order valence-corrected chi connectivity index (χ4v) is 0. The molecule has 24 heavy (non-hydrogen) atoms. The van der Waals surface area contributed by atoms with E-state index >= 15 is 0 Å². The maximum atomic E-state index is 7.13. The first-order valence-electron chi connectivity index (χ1n) is 2.57. The summed E-state index contributed by atoms with van der Waals surface area (Å²) in [6.45, 7) is 0. The molecule has 0 spiro atoms. The molecule has 0 rings (SSSR count). The van der Waals surface area contributed by atoms with Crippen molar-refractivity contribution in [3.05, 3.63) is 0 Å². The zero-order chi connectivity index (χ0) is 16.2. The van der Waals surface area contributed by atoms with Gasteiger partial charge in [-0.15, -0.1) is 0 Å². The molecule has 0 saturated carbocycles. The van der Waals surface area contributed by atoms with Gasteiger partial charge in [-0.25, -0.2) is 31.6 Å². The molecule has 0 unspecified atom stereocenters. The van der Waals surface area contributed by atoms with Crippen LogP contribution in [0.4, 0.5) is 0 Å². The summed E-state index contributed by atoms with van der Waals surface area (Å²) in [5, 5.41) is 50.8. The SMILES string of the molecule is N#C[S-].N#C[S-].N#C[S-].N#C[S-].N#C[S-].N#C[S-].[Na+].[Na+].[Na+].[Na+].[Na+].[Na+]. The summed E-state index contributed by atoms with van der Waals surface area (Å²) in [4.78, 5) is 0. The van der Waals surface area contributed by atoms with Crippen LogP contribution in [-0.4, -0.2) is 0 Å². The van der Waals surface area contributed by atoms with Crippen LogP contribution in [0.3, 0.4) is 0 Å². The molecule has 0 aromatic rings. The van der Waals surface area contributed by atoms with Crippen LogP contribution < -0.4 is 177 Å². The van der Waals surface area contributed by atoms with E-state index < -0.39 is 0 Å². The molecule has 0 aliphatic carbocycles. The minimum Gasteiger partial charge on any atom is -0.696 e. The molecule has 0 saturated heterocycles. The Bertz CT molecular complexity index is 270. The number of thiocyanates is 6. The number of rotatable bonds is 0. The molecule has 0 atom stereocenters. The summed E-state index contributed by atoms with van der Waals surface area (Å²) in [6.07, 6.45) is 0. The number of hydrogen-bond acceptors (Lipinski definition) is 12. The van der Waals surface area contributed by atoms with E-state index in [4.69, 9.17) is 31.6 Å². The van der Waals surface area contributed by atoms with Crippen LogP contribution in [0.1, 0.15) is 0 Å². The van der Waals surface area contributed by atoms with Gasteiger partial charge in [-0.3, -0.25) is 0 Å². The molecule has 0 aromatic heterocycles. The molecule has 0 aliphatic heterocycles. The molecular formula is C6N6Na6S6. The van der Waals surface area contributed by atoms with Crippen molar-refractivity contribution < 1.29 is 177 Å². The Morgan fingerprint density at radius 2 is 0.292 bits per heavy atom. The third kappa shape index (κ3) is 923. The molecule has 0 amide bonds. The molecule has 18 heteroatoms. The van der Waals surface area contributed by atoms with Crippen molar-refractivity contribution in [3.63, 3.8) is 0 Å². The predicted octanol–water partition coefficient (Wildman–Crippen LogP) is -17.9. The van der Waals surface area contributed by atoms with Crippen LogP contribution in [0.2, 0.25) is 0 Å². The van der Waals surface area contributed by atoms with Gasteiger partial charge in [-0.2, -0.15) is 0 Å². The molecule has 0 N–H and O–H groups in total. The van der Waals surface area contributed by atoms with Gasteiger partial charge in [0.2, 0.25) is 0 Å². The minimum absolute atomic E-state index is 0. The zero-order valence-corrected chi connectivity index (χ0v) is 31.0. The first kappa shape index (κ1) is 79.4. The summed E-state index contributed by atoms with van der Waals surface area (Å²) in [7, 11) is 0.